The van der Waals surface area contributed by atoms with Crippen molar-refractivity contribution < 1.29 is 9.47 Å². The second-order valence-electron chi connectivity index (χ2n) is 7.01. The van der Waals surface area contributed by atoms with E-state index in [4.69, 9.17) is 9.47 Å². The predicted octanol–water partition coefficient (Wildman–Crippen LogP) is 3.91. The second kappa shape index (κ2) is 7.28. The van der Waals surface area contributed by atoms with Crippen LogP contribution in [0.1, 0.15) is 52.0 Å². The Morgan fingerprint density at radius 1 is 1.10 bits per heavy atom. The zero-order valence-corrected chi connectivity index (χ0v) is 13.8. The minimum atomic E-state index is 0.145. The maximum atomic E-state index is 6.09. The number of hydrogen-bond acceptors (Lipinski definition) is 3. The fourth-order valence-electron chi connectivity index (χ4n) is 2.67. The van der Waals surface area contributed by atoms with Gasteiger partial charge in [-0.1, -0.05) is 12.1 Å². The first kappa shape index (κ1) is 16.3. The van der Waals surface area contributed by atoms with Crippen LogP contribution >= 0.6 is 0 Å². The van der Waals surface area contributed by atoms with E-state index in [1.165, 1.54) is 12.0 Å². The van der Waals surface area contributed by atoms with Crippen LogP contribution in [0.4, 0.5) is 0 Å². The minimum Gasteiger partial charge on any atom is -0.490 e. The number of ether oxygens (including phenoxy) is 2. The molecule has 2 atom stereocenters. The molecule has 1 aliphatic carbocycles. The van der Waals surface area contributed by atoms with Crippen molar-refractivity contribution in [3.63, 3.8) is 0 Å². The van der Waals surface area contributed by atoms with Gasteiger partial charge in [-0.05, 0) is 57.7 Å². The molecule has 0 bridgehead atoms. The van der Waals surface area contributed by atoms with Crippen LogP contribution in [0.25, 0.3) is 0 Å². The molecular weight excluding hydrogens is 262 g/mol. The van der Waals surface area contributed by atoms with Gasteiger partial charge in [-0.25, -0.2) is 0 Å². The third-order valence-electron chi connectivity index (χ3n) is 3.96. The molecule has 0 saturated heterocycles. The van der Waals surface area contributed by atoms with Crippen molar-refractivity contribution >= 4 is 0 Å². The normalized spacial score (nSPS) is 23.0. The topological polar surface area (TPSA) is 30.5 Å². The van der Waals surface area contributed by atoms with Gasteiger partial charge in [0, 0.05) is 25.6 Å². The Bertz CT molecular complexity index is 422. The van der Waals surface area contributed by atoms with Crippen LogP contribution in [0, 0.1) is 0 Å². The van der Waals surface area contributed by atoms with Gasteiger partial charge in [0.25, 0.3) is 0 Å². The van der Waals surface area contributed by atoms with Crippen LogP contribution in [0.2, 0.25) is 0 Å². The summed E-state index contributed by atoms with van der Waals surface area (Å²) in [6, 6.07) is 8.45. The van der Waals surface area contributed by atoms with Crippen molar-refractivity contribution in [2.45, 2.75) is 70.7 Å². The van der Waals surface area contributed by atoms with Crippen LogP contribution in [0.5, 0.6) is 5.75 Å². The van der Waals surface area contributed by atoms with E-state index in [2.05, 4.69) is 50.4 Å². The SMILES string of the molecule is COC1CCCC(Oc2ccc(CNC(C)(C)C)cc2)C1. The molecule has 1 aliphatic rings. The van der Waals surface area contributed by atoms with E-state index in [1.54, 1.807) is 7.11 Å². The predicted molar refractivity (Wildman–Crippen MR) is 86.7 cm³/mol. The smallest absolute Gasteiger partial charge is 0.119 e. The lowest BCUT2D eigenvalue weighted by molar-refractivity contribution is 0.0209. The van der Waals surface area contributed by atoms with E-state index in [0.29, 0.717) is 12.2 Å². The van der Waals surface area contributed by atoms with Crippen molar-refractivity contribution in [2.24, 2.45) is 0 Å². The third kappa shape index (κ3) is 5.68. The maximum Gasteiger partial charge on any atom is 0.119 e. The van der Waals surface area contributed by atoms with E-state index in [9.17, 15) is 0 Å². The van der Waals surface area contributed by atoms with Gasteiger partial charge in [-0.2, -0.15) is 0 Å². The number of rotatable bonds is 5. The highest BCUT2D eigenvalue weighted by Gasteiger charge is 2.22. The largest absolute Gasteiger partial charge is 0.490 e. The molecule has 118 valence electrons. The van der Waals surface area contributed by atoms with Crippen molar-refractivity contribution in [3.8, 4) is 5.75 Å². The molecule has 1 N–H and O–H groups in total. The van der Waals surface area contributed by atoms with Crippen molar-refractivity contribution in [1.29, 1.82) is 0 Å². The summed E-state index contributed by atoms with van der Waals surface area (Å²) >= 11 is 0. The molecule has 3 nitrogen and oxygen atoms in total. The fraction of sp³-hybridized carbons (Fsp3) is 0.667. The molecule has 0 aromatic heterocycles. The summed E-state index contributed by atoms with van der Waals surface area (Å²) in [4.78, 5) is 0. The summed E-state index contributed by atoms with van der Waals surface area (Å²) in [6.07, 6.45) is 5.14. The van der Waals surface area contributed by atoms with Gasteiger partial charge in [0.05, 0.1) is 6.10 Å². The summed E-state index contributed by atoms with van der Waals surface area (Å²) in [6.45, 7) is 7.43. The zero-order valence-electron chi connectivity index (χ0n) is 13.8. The molecule has 1 fully saturated rings. The summed E-state index contributed by atoms with van der Waals surface area (Å²) in [5.41, 5.74) is 1.43. The number of benzene rings is 1. The first-order valence-corrected chi connectivity index (χ1v) is 8.00. The number of hydrogen-bond donors (Lipinski definition) is 1. The molecular formula is C18H29NO2. The Morgan fingerprint density at radius 3 is 2.38 bits per heavy atom. The average Bonchev–Trinajstić information content (AvgIpc) is 2.46. The molecule has 2 rings (SSSR count). The van der Waals surface area contributed by atoms with Crippen molar-refractivity contribution in [2.75, 3.05) is 7.11 Å². The lowest BCUT2D eigenvalue weighted by Gasteiger charge is -2.28. The molecule has 21 heavy (non-hydrogen) atoms. The van der Waals surface area contributed by atoms with Gasteiger partial charge in [-0.15, -0.1) is 0 Å². The Hall–Kier alpha value is -1.06. The molecule has 2 unspecified atom stereocenters. The number of methoxy groups -OCH3 is 1. The quantitative estimate of drug-likeness (QED) is 0.892. The Morgan fingerprint density at radius 2 is 1.76 bits per heavy atom. The molecule has 1 saturated carbocycles. The summed E-state index contributed by atoms with van der Waals surface area (Å²) in [5.74, 6) is 0.969. The third-order valence-corrected chi connectivity index (χ3v) is 3.96. The van der Waals surface area contributed by atoms with Crippen molar-refractivity contribution in [3.05, 3.63) is 29.8 Å². The summed E-state index contributed by atoms with van der Waals surface area (Å²) in [7, 11) is 1.80. The van der Waals surface area contributed by atoms with Crippen LogP contribution in [-0.2, 0) is 11.3 Å². The molecule has 0 radical (unpaired) electrons. The van der Waals surface area contributed by atoms with Crippen LogP contribution in [0.3, 0.4) is 0 Å². The van der Waals surface area contributed by atoms with E-state index < -0.39 is 0 Å². The molecule has 0 aliphatic heterocycles. The molecule has 1 aromatic rings. The van der Waals surface area contributed by atoms with Gasteiger partial charge < -0.3 is 14.8 Å². The maximum absolute atomic E-state index is 6.09. The fourth-order valence-corrected chi connectivity index (χ4v) is 2.67. The van der Waals surface area contributed by atoms with Crippen molar-refractivity contribution in [1.82, 2.24) is 5.32 Å². The zero-order chi connectivity index (χ0) is 15.3. The molecule has 0 heterocycles. The van der Waals surface area contributed by atoms with E-state index in [0.717, 1.165) is 31.6 Å². The van der Waals surface area contributed by atoms with Crippen LogP contribution < -0.4 is 10.1 Å². The standard InChI is InChI=1S/C18H29NO2/c1-18(2,3)19-13-14-8-10-15(11-9-14)21-17-7-5-6-16(12-17)20-4/h8-11,16-17,19H,5-7,12-13H2,1-4H3. The van der Waals surface area contributed by atoms with E-state index >= 15 is 0 Å². The minimum absolute atomic E-state index is 0.145. The van der Waals surface area contributed by atoms with Crippen LogP contribution in [-0.4, -0.2) is 24.9 Å². The Labute approximate surface area is 129 Å². The highest BCUT2D eigenvalue weighted by Crippen LogP contribution is 2.25. The second-order valence-corrected chi connectivity index (χ2v) is 7.01. The molecule has 1 aromatic carbocycles. The first-order valence-electron chi connectivity index (χ1n) is 8.00. The molecule has 0 spiro atoms. The molecule has 3 heteroatoms. The van der Waals surface area contributed by atoms with Gasteiger partial charge in [0.1, 0.15) is 11.9 Å². The average molecular weight is 291 g/mol. The van der Waals surface area contributed by atoms with Gasteiger partial charge in [-0.3, -0.25) is 0 Å². The lowest BCUT2D eigenvalue weighted by Crippen LogP contribution is -2.35. The lowest BCUT2D eigenvalue weighted by atomic mass is 9.95. The summed E-state index contributed by atoms with van der Waals surface area (Å²) in [5, 5.41) is 3.50. The molecule has 0 amide bonds. The van der Waals surface area contributed by atoms with Gasteiger partial charge in [0.15, 0.2) is 0 Å². The Balaban J connectivity index is 1.84. The van der Waals surface area contributed by atoms with Gasteiger partial charge >= 0.3 is 0 Å². The Kier molecular flexibility index (Phi) is 5.65. The highest BCUT2D eigenvalue weighted by molar-refractivity contribution is 5.27. The summed E-state index contributed by atoms with van der Waals surface area (Å²) < 4.78 is 11.5. The monoisotopic (exact) mass is 291 g/mol. The van der Waals surface area contributed by atoms with E-state index in [1.807, 2.05) is 0 Å². The number of nitrogens with one attached hydrogen (secondary N) is 1. The van der Waals surface area contributed by atoms with Crippen LogP contribution in [0.15, 0.2) is 24.3 Å². The van der Waals surface area contributed by atoms with Gasteiger partial charge in [0.2, 0.25) is 0 Å². The highest BCUT2D eigenvalue weighted by atomic mass is 16.5. The first-order chi connectivity index (χ1) is 9.96. The van der Waals surface area contributed by atoms with E-state index in [-0.39, 0.29) is 5.54 Å².